The molecule has 140 valence electrons. The summed E-state index contributed by atoms with van der Waals surface area (Å²) in [5.74, 6) is 0.482. The van der Waals surface area contributed by atoms with Crippen molar-refractivity contribution in [3.05, 3.63) is 59.9 Å². The van der Waals surface area contributed by atoms with E-state index in [2.05, 4.69) is 10.5 Å². The Hall–Kier alpha value is -3.15. The Morgan fingerprint density at radius 2 is 1.89 bits per heavy atom. The van der Waals surface area contributed by atoms with Crippen LogP contribution in [0.2, 0.25) is 0 Å². The van der Waals surface area contributed by atoms with Gasteiger partial charge in [-0.3, -0.25) is 9.59 Å². The van der Waals surface area contributed by atoms with Crippen molar-refractivity contribution in [3.8, 4) is 0 Å². The van der Waals surface area contributed by atoms with Gasteiger partial charge in [0.15, 0.2) is 5.82 Å². The number of hydrogen-bond donors (Lipinski definition) is 1. The molecule has 0 fully saturated rings. The van der Waals surface area contributed by atoms with E-state index in [1.54, 1.807) is 24.0 Å². The third-order valence-electron chi connectivity index (χ3n) is 4.59. The zero-order valence-electron chi connectivity index (χ0n) is 15.7. The van der Waals surface area contributed by atoms with E-state index in [-0.39, 0.29) is 24.4 Å². The second-order valence-corrected chi connectivity index (χ2v) is 6.62. The van der Waals surface area contributed by atoms with Crippen molar-refractivity contribution in [3.63, 3.8) is 0 Å². The quantitative estimate of drug-likeness (QED) is 0.716. The minimum absolute atomic E-state index is 0.0490. The van der Waals surface area contributed by atoms with Crippen LogP contribution in [0.3, 0.4) is 0 Å². The molecule has 0 unspecified atom stereocenters. The number of aromatic nitrogens is 1. The number of anilines is 1. The Morgan fingerprint density at radius 1 is 1.15 bits per heavy atom. The number of carbonyl (C=O) groups is 2. The predicted molar refractivity (Wildman–Crippen MR) is 105 cm³/mol. The van der Waals surface area contributed by atoms with Gasteiger partial charge in [-0.1, -0.05) is 42.4 Å². The van der Waals surface area contributed by atoms with Crippen molar-refractivity contribution >= 4 is 28.4 Å². The fraction of sp³-hybridized carbons (Fsp3) is 0.286. The third-order valence-corrected chi connectivity index (χ3v) is 4.59. The maximum absolute atomic E-state index is 13.1. The molecule has 1 aromatic heterocycles. The summed E-state index contributed by atoms with van der Waals surface area (Å²) in [7, 11) is 0. The Balaban J connectivity index is 1.80. The highest BCUT2D eigenvalue weighted by molar-refractivity contribution is 6.01. The summed E-state index contributed by atoms with van der Waals surface area (Å²) in [6.07, 6.45) is 0.746. The molecule has 1 N–H and O–H groups in total. The van der Waals surface area contributed by atoms with Gasteiger partial charge in [0.05, 0.1) is 0 Å². The van der Waals surface area contributed by atoms with Gasteiger partial charge in [0.1, 0.15) is 12.3 Å². The van der Waals surface area contributed by atoms with Crippen LogP contribution >= 0.6 is 0 Å². The molecule has 0 aliphatic carbocycles. The number of aryl methyl sites for hydroxylation is 1. The molecule has 0 bridgehead atoms. The van der Waals surface area contributed by atoms with E-state index in [4.69, 9.17) is 4.52 Å². The zero-order valence-corrected chi connectivity index (χ0v) is 15.7. The van der Waals surface area contributed by atoms with E-state index < -0.39 is 0 Å². The van der Waals surface area contributed by atoms with Crippen LogP contribution in [-0.2, 0) is 4.79 Å². The van der Waals surface area contributed by atoms with Crippen LogP contribution in [-0.4, -0.2) is 34.5 Å². The van der Waals surface area contributed by atoms with E-state index >= 15 is 0 Å². The summed E-state index contributed by atoms with van der Waals surface area (Å²) in [6, 6.07) is 15.0. The minimum Gasteiger partial charge on any atom is -0.360 e. The first kappa shape index (κ1) is 18.6. The van der Waals surface area contributed by atoms with E-state index in [9.17, 15) is 9.59 Å². The second-order valence-electron chi connectivity index (χ2n) is 6.62. The first-order valence-electron chi connectivity index (χ1n) is 9.01. The van der Waals surface area contributed by atoms with Crippen LogP contribution in [0.4, 0.5) is 5.82 Å². The van der Waals surface area contributed by atoms with Crippen molar-refractivity contribution < 1.29 is 14.1 Å². The fourth-order valence-corrected chi connectivity index (χ4v) is 2.90. The molecule has 27 heavy (non-hydrogen) atoms. The van der Waals surface area contributed by atoms with Gasteiger partial charge >= 0.3 is 0 Å². The molecule has 0 spiro atoms. The van der Waals surface area contributed by atoms with Gasteiger partial charge in [-0.25, -0.2) is 0 Å². The lowest BCUT2D eigenvalue weighted by atomic mass is 10.1. The monoisotopic (exact) mass is 365 g/mol. The number of carbonyl (C=O) groups excluding carboxylic acids is 2. The molecule has 2 amide bonds. The number of hydrogen-bond acceptors (Lipinski definition) is 4. The highest BCUT2D eigenvalue weighted by Crippen LogP contribution is 2.18. The summed E-state index contributed by atoms with van der Waals surface area (Å²) in [5, 5.41) is 8.49. The van der Waals surface area contributed by atoms with Gasteiger partial charge in [0, 0.05) is 17.7 Å². The van der Waals surface area contributed by atoms with E-state index in [0.717, 1.165) is 17.2 Å². The number of amides is 2. The van der Waals surface area contributed by atoms with Crippen LogP contribution in [0.5, 0.6) is 0 Å². The van der Waals surface area contributed by atoms with E-state index in [1.807, 2.05) is 50.2 Å². The lowest BCUT2D eigenvalue weighted by molar-refractivity contribution is -0.117. The summed E-state index contributed by atoms with van der Waals surface area (Å²) in [6.45, 7) is 5.63. The number of nitrogens with zero attached hydrogens (tertiary/aromatic N) is 2. The Kier molecular flexibility index (Phi) is 5.54. The van der Waals surface area contributed by atoms with Crippen molar-refractivity contribution in [1.82, 2.24) is 10.1 Å². The number of fused-ring (bicyclic) bond motifs is 1. The van der Waals surface area contributed by atoms with Crippen LogP contribution in [0.25, 0.3) is 10.8 Å². The predicted octanol–water partition coefficient (Wildman–Crippen LogP) is 4.02. The van der Waals surface area contributed by atoms with Gasteiger partial charge in [-0.15, -0.1) is 0 Å². The summed E-state index contributed by atoms with van der Waals surface area (Å²) in [5.41, 5.74) is 0.569. The van der Waals surface area contributed by atoms with Crippen LogP contribution in [0.1, 0.15) is 36.4 Å². The zero-order chi connectivity index (χ0) is 19.4. The van der Waals surface area contributed by atoms with E-state index in [1.165, 1.54) is 0 Å². The molecule has 0 aliphatic heterocycles. The Bertz CT molecular complexity index is 964. The molecule has 0 radical (unpaired) electrons. The summed E-state index contributed by atoms with van der Waals surface area (Å²) < 4.78 is 4.95. The highest BCUT2D eigenvalue weighted by Gasteiger charge is 2.23. The Labute approximate surface area is 158 Å². The third kappa shape index (κ3) is 4.34. The number of nitrogens with one attached hydrogen (secondary N) is 1. The molecule has 0 aliphatic rings. The topological polar surface area (TPSA) is 75.4 Å². The summed E-state index contributed by atoms with van der Waals surface area (Å²) >= 11 is 0. The standard InChI is InChI=1S/C21H23N3O3/c1-4-14(2)24(13-20(25)22-19-11-15(3)27-23-19)21(26)18-10-9-16-7-5-6-8-17(16)12-18/h5-12,14H,4,13H2,1-3H3,(H,22,23,25)/t14-/m1/s1. The van der Waals surface area contributed by atoms with Gasteiger partial charge in [-0.05, 0) is 43.2 Å². The molecule has 3 aromatic rings. The average molecular weight is 365 g/mol. The minimum atomic E-state index is -0.308. The first-order valence-corrected chi connectivity index (χ1v) is 9.01. The lowest BCUT2D eigenvalue weighted by Gasteiger charge is -2.28. The summed E-state index contributed by atoms with van der Waals surface area (Å²) in [4.78, 5) is 27.1. The molecule has 6 heteroatoms. The first-order chi connectivity index (χ1) is 13.0. The van der Waals surface area contributed by atoms with Crippen LogP contribution in [0, 0.1) is 6.92 Å². The fourth-order valence-electron chi connectivity index (χ4n) is 2.90. The van der Waals surface area contributed by atoms with Crippen LogP contribution in [0.15, 0.2) is 53.1 Å². The Morgan fingerprint density at radius 3 is 2.56 bits per heavy atom. The van der Waals surface area contributed by atoms with Crippen molar-refractivity contribution in [2.24, 2.45) is 0 Å². The maximum Gasteiger partial charge on any atom is 0.254 e. The smallest absolute Gasteiger partial charge is 0.254 e. The molecule has 2 aromatic carbocycles. The molecule has 0 saturated heterocycles. The van der Waals surface area contributed by atoms with Crippen molar-refractivity contribution in [2.45, 2.75) is 33.2 Å². The van der Waals surface area contributed by atoms with Gasteiger partial charge in [-0.2, -0.15) is 0 Å². The normalized spacial score (nSPS) is 12.0. The van der Waals surface area contributed by atoms with Crippen LogP contribution < -0.4 is 5.32 Å². The lowest BCUT2D eigenvalue weighted by Crippen LogP contribution is -2.43. The molecule has 1 atom stereocenters. The molecular formula is C21H23N3O3. The number of benzene rings is 2. The molecule has 1 heterocycles. The van der Waals surface area contributed by atoms with Crippen molar-refractivity contribution in [1.29, 1.82) is 0 Å². The van der Waals surface area contributed by atoms with Gasteiger partial charge < -0.3 is 14.7 Å². The molecule has 6 nitrogen and oxygen atoms in total. The molecule has 0 saturated carbocycles. The highest BCUT2D eigenvalue weighted by atomic mass is 16.5. The second kappa shape index (κ2) is 8.03. The van der Waals surface area contributed by atoms with E-state index in [0.29, 0.717) is 17.1 Å². The number of rotatable bonds is 6. The SMILES string of the molecule is CC[C@@H](C)N(CC(=O)Nc1cc(C)on1)C(=O)c1ccc2ccccc2c1. The largest absolute Gasteiger partial charge is 0.360 e. The molecule has 3 rings (SSSR count). The maximum atomic E-state index is 13.1. The van der Waals surface area contributed by atoms with Gasteiger partial charge in [0.25, 0.3) is 5.91 Å². The molecular weight excluding hydrogens is 342 g/mol. The van der Waals surface area contributed by atoms with Gasteiger partial charge in [0.2, 0.25) is 5.91 Å². The van der Waals surface area contributed by atoms with Crippen molar-refractivity contribution in [2.75, 3.05) is 11.9 Å². The average Bonchev–Trinajstić information content (AvgIpc) is 3.09.